The number of anilines is 1. The van der Waals surface area contributed by atoms with Gasteiger partial charge in [-0.2, -0.15) is 5.10 Å². The number of rotatable bonds is 4. The second kappa shape index (κ2) is 7.02. The van der Waals surface area contributed by atoms with Gasteiger partial charge in [0.1, 0.15) is 5.82 Å². The molecule has 2 aromatic heterocycles. The van der Waals surface area contributed by atoms with Crippen molar-refractivity contribution in [3.63, 3.8) is 0 Å². The van der Waals surface area contributed by atoms with E-state index in [-0.39, 0.29) is 11.1 Å². The Morgan fingerprint density at radius 3 is 2.25 bits per heavy atom. The zero-order valence-electron chi connectivity index (χ0n) is 17.0. The maximum Gasteiger partial charge on any atom is 0.148 e. The largest absolute Gasteiger partial charge is 0.366 e. The summed E-state index contributed by atoms with van der Waals surface area (Å²) in [7, 11) is 0. The fourth-order valence-corrected chi connectivity index (χ4v) is 4.40. The predicted molar refractivity (Wildman–Crippen MR) is 113 cm³/mol. The molecule has 1 aliphatic heterocycles. The van der Waals surface area contributed by atoms with Gasteiger partial charge in [-0.25, -0.2) is 4.68 Å². The van der Waals surface area contributed by atoms with E-state index < -0.39 is 0 Å². The molecule has 0 unspecified atom stereocenters. The van der Waals surface area contributed by atoms with Crippen molar-refractivity contribution in [3.05, 3.63) is 54.9 Å². The molecule has 0 amide bonds. The van der Waals surface area contributed by atoms with Crippen LogP contribution in [0.4, 0.5) is 5.82 Å². The van der Waals surface area contributed by atoms with E-state index in [1.54, 1.807) is 6.20 Å². The van der Waals surface area contributed by atoms with E-state index in [1.807, 2.05) is 53.3 Å². The first kappa shape index (κ1) is 18.6. The van der Waals surface area contributed by atoms with Gasteiger partial charge in [0.15, 0.2) is 0 Å². The van der Waals surface area contributed by atoms with Gasteiger partial charge >= 0.3 is 0 Å². The summed E-state index contributed by atoms with van der Waals surface area (Å²) in [5.74, 6) is 0.829. The van der Waals surface area contributed by atoms with Crippen LogP contribution in [0.2, 0.25) is 0 Å². The third-order valence-corrected chi connectivity index (χ3v) is 5.14. The fraction of sp³-hybridized carbons (Fsp3) is 0.409. The standard InChI is InChI=1S/C22H28N6/c1-21(2)14-17(15-22(3,4)27-21)24-20-11-10-19(25-26-20)16-6-8-18(9-7-16)28-13-5-12-23-28/h5-13,17,27H,14-15H2,1-4H3,(H,24,26). The van der Waals surface area contributed by atoms with Crippen molar-refractivity contribution in [1.82, 2.24) is 25.3 Å². The molecule has 0 atom stereocenters. The third-order valence-electron chi connectivity index (χ3n) is 5.14. The maximum atomic E-state index is 4.43. The molecule has 0 bridgehead atoms. The Kier molecular flexibility index (Phi) is 4.67. The average Bonchev–Trinajstić information content (AvgIpc) is 3.14. The third kappa shape index (κ3) is 4.22. The van der Waals surface area contributed by atoms with Crippen molar-refractivity contribution in [3.8, 4) is 16.9 Å². The quantitative estimate of drug-likeness (QED) is 0.719. The van der Waals surface area contributed by atoms with E-state index in [0.717, 1.165) is 35.6 Å². The Hall–Kier alpha value is -2.73. The molecule has 0 aliphatic carbocycles. The van der Waals surface area contributed by atoms with Crippen LogP contribution in [0.15, 0.2) is 54.9 Å². The van der Waals surface area contributed by atoms with Gasteiger partial charge in [-0.1, -0.05) is 12.1 Å². The first-order chi connectivity index (χ1) is 13.3. The normalized spacial score (nSPS) is 18.7. The van der Waals surface area contributed by atoms with Gasteiger partial charge in [0, 0.05) is 35.1 Å². The lowest BCUT2D eigenvalue weighted by molar-refractivity contribution is 0.170. The van der Waals surface area contributed by atoms with Crippen LogP contribution in [0, 0.1) is 0 Å². The highest BCUT2D eigenvalue weighted by Gasteiger charge is 2.37. The van der Waals surface area contributed by atoms with Gasteiger partial charge in [0.2, 0.25) is 0 Å². The summed E-state index contributed by atoms with van der Waals surface area (Å²) in [4.78, 5) is 0. The van der Waals surface area contributed by atoms with Crippen molar-refractivity contribution in [2.75, 3.05) is 5.32 Å². The summed E-state index contributed by atoms with van der Waals surface area (Å²) in [6.07, 6.45) is 5.80. The molecule has 1 fully saturated rings. The van der Waals surface area contributed by atoms with Crippen LogP contribution in [0.1, 0.15) is 40.5 Å². The summed E-state index contributed by atoms with van der Waals surface area (Å²) in [6.45, 7) is 9.02. The van der Waals surface area contributed by atoms with Crippen LogP contribution in [0.5, 0.6) is 0 Å². The second-order valence-electron chi connectivity index (χ2n) is 8.94. The van der Waals surface area contributed by atoms with Crippen molar-refractivity contribution in [1.29, 1.82) is 0 Å². The number of hydrogen-bond acceptors (Lipinski definition) is 5. The number of hydrogen-bond donors (Lipinski definition) is 2. The van der Waals surface area contributed by atoms with E-state index >= 15 is 0 Å². The second-order valence-corrected chi connectivity index (χ2v) is 8.94. The fourth-order valence-electron chi connectivity index (χ4n) is 4.40. The summed E-state index contributed by atoms with van der Waals surface area (Å²) in [5.41, 5.74) is 3.13. The van der Waals surface area contributed by atoms with E-state index in [1.165, 1.54) is 0 Å². The minimum atomic E-state index is 0.100. The van der Waals surface area contributed by atoms with Gasteiger partial charge in [0.25, 0.3) is 0 Å². The van der Waals surface area contributed by atoms with Gasteiger partial charge in [0.05, 0.1) is 11.4 Å². The van der Waals surface area contributed by atoms with Crippen LogP contribution in [0.25, 0.3) is 16.9 Å². The van der Waals surface area contributed by atoms with Crippen LogP contribution in [-0.2, 0) is 0 Å². The van der Waals surface area contributed by atoms with Crippen LogP contribution >= 0.6 is 0 Å². The predicted octanol–water partition coefficient (Wildman–Crippen LogP) is 4.05. The number of benzene rings is 1. The monoisotopic (exact) mass is 376 g/mol. The van der Waals surface area contributed by atoms with E-state index in [0.29, 0.717) is 6.04 Å². The number of aromatic nitrogens is 4. The summed E-state index contributed by atoms with van der Waals surface area (Å²) < 4.78 is 1.84. The molecule has 0 spiro atoms. The molecule has 0 radical (unpaired) electrons. The topological polar surface area (TPSA) is 67.7 Å². The zero-order chi connectivity index (χ0) is 19.8. The average molecular weight is 377 g/mol. The summed E-state index contributed by atoms with van der Waals surface area (Å²) >= 11 is 0. The molecule has 4 rings (SSSR count). The van der Waals surface area contributed by atoms with Crippen molar-refractivity contribution >= 4 is 5.82 Å². The molecule has 0 saturated carbocycles. The Morgan fingerprint density at radius 2 is 1.68 bits per heavy atom. The number of piperidine rings is 1. The minimum Gasteiger partial charge on any atom is -0.366 e. The summed E-state index contributed by atoms with van der Waals surface area (Å²) in [5, 5.41) is 20.4. The smallest absolute Gasteiger partial charge is 0.148 e. The van der Waals surface area contributed by atoms with Crippen LogP contribution in [0.3, 0.4) is 0 Å². The Labute approximate surface area is 166 Å². The van der Waals surface area contributed by atoms with Crippen molar-refractivity contribution in [2.45, 2.75) is 57.7 Å². The van der Waals surface area contributed by atoms with Gasteiger partial charge in [-0.15, -0.1) is 10.2 Å². The van der Waals surface area contributed by atoms with Gasteiger partial charge < -0.3 is 10.6 Å². The molecule has 6 heteroatoms. The molecule has 3 heterocycles. The Bertz CT molecular complexity index is 895. The molecule has 1 aromatic carbocycles. The van der Waals surface area contributed by atoms with E-state index in [2.05, 4.69) is 53.6 Å². The highest BCUT2D eigenvalue weighted by Crippen LogP contribution is 2.30. The number of nitrogens with zero attached hydrogens (tertiary/aromatic N) is 4. The Balaban J connectivity index is 1.45. The SMILES string of the molecule is CC1(C)CC(Nc2ccc(-c3ccc(-n4cccn4)cc3)nn2)CC(C)(C)N1. The van der Waals surface area contributed by atoms with E-state index in [9.17, 15) is 0 Å². The molecule has 1 saturated heterocycles. The lowest BCUT2D eigenvalue weighted by atomic mass is 9.79. The summed E-state index contributed by atoms with van der Waals surface area (Å²) in [6, 6.07) is 14.5. The molecule has 146 valence electrons. The zero-order valence-corrected chi connectivity index (χ0v) is 17.0. The van der Waals surface area contributed by atoms with Gasteiger partial charge in [-0.05, 0) is 70.9 Å². The Morgan fingerprint density at radius 1 is 0.964 bits per heavy atom. The van der Waals surface area contributed by atoms with E-state index in [4.69, 9.17) is 0 Å². The molecular formula is C22H28N6. The van der Waals surface area contributed by atoms with Crippen molar-refractivity contribution in [2.24, 2.45) is 0 Å². The lowest BCUT2D eigenvalue weighted by Crippen LogP contribution is -2.60. The van der Waals surface area contributed by atoms with Crippen LogP contribution in [-0.4, -0.2) is 37.1 Å². The molecule has 6 nitrogen and oxygen atoms in total. The minimum absolute atomic E-state index is 0.100. The first-order valence-corrected chi connectivity index (χ1v) is 9.80. The highest BCUT2D eigenvalue weighted by molar-refractivity contribution is 5.61. The molecular weight excluding hydrogens is 348 g/mol. The first-order valence-electron chi connectivity index (χ1n) is 9.80. The van der Waals surface area contributed by atoms with Crippen LogP contribution < -0.4 is 10.6 Å². The highest BCUT2D eigenvalue weighted by atomic mass is 15.3. The molecule has 1 aliphatic rings. The molecule has 2 N–H and O–H groups in total. The van der Waals surface area contributed by atoms with Gasteiger partial charge in [-0.3, -0.25) is 0 Å². The lowest BCUT2D eigenvalue weighted by Gasteiger charge is -2.46. The number of nitrogens with one attached hydrogen (secondary N) is 2. The maximum absolute atomic E-state index is 4.43. The van der Waals surface area contributed by atoms with Crippen molar-refractivity contribution < 1.29 is 0 Å². The molecule has 3 aromatic rings. The molecule has 28 heavy (non-hydrogen) atoms.